The van der Waals surface area contributed by atoms with Gasteiger partial charge in [-0.3, -0.25) is 4.98 Å². The first kappa shape index (κ1) is 15.1. The molecule has 0 bridgehead atoms. The number of hydrogen-bond acceptors (Lipinski definition) is 4. The standard InChI is InChI=1S/C14H24N2O2/c1-3-17-14(18-4-2)9-12-15-11-8-13-7-5-6-10-16-13/h5-7,10,14-15H,3-4,8-9,11-12H2,1-2H3. The van der Waals surface area contributed by atoms with Crippen LogP contribution in [0.5, 0.6) is 0 Å². The van der Waals surface area contributed by atoms with Crippen LogP contribution in [0.4, 0.5) is 0 Å². The van der Waals surface area contributed by atoms with Gasteiger partial charge in [0.2, 0.25) is 0 Å². The summed E-state index contributed by atoms with van der Waals surface area (Å²) >= 11 is 0. The fourth-order valence-corrected chi connectivity index (χ4v) is 1.69. The maximum absolute atomic E-state index is 5.47. The first-order valence-electron chi connectivity index (χ1n) is 6.70. The van der Waals surface area contributed by atoms with Crippen molar-refractivity contribution in [2.75, 3.05) is 26.3 Å². The first-order valence-corrected chi connectivity index (χ1v) is 6.70. The molecule has 0 aromatic carbocycles. The highest BCUT2D eigenvalue weighted by molar-refractivity contribution is 5.03. The maximum atomic E-state index is 5.47. The summed E-state index contributed by atoms with van der Waals surface area (Å²) in [5, 5.41) is 3.38. The molecule has 0 saturated heterocycles. The van der Waals surface area contributed by atoms with E-state index in [-0.39, 0.29) is 6.29 Å². The molecule has 0 spiro atoms. The lowest BCUT2D eigenvalue weighted by molar-refractivity contribution is -0.138. The van der Waals surface area contributed by atoms with Gasteiger partial charge in [-0.25, -0.2) is 0 Å². The van der Waals surface area contributed by atoms with Crippen molar-refractivity contribution in [3.63, 3.8) is 0 Å². The van der Waals surface area contributed by atoms with Crippen LogP contribution >= 0.6 is 0 Å². The van der Waals surface area contributed by atoms with Crippen molar-refractivity contribution in [2.24, 2.45) is 0 Å². The Morgan fingerprint density at radius 3 is 2.56 bits per heavy atom. The Balaban J connectivity index is 2.06. The van der Waals surface area contributed by atoms with E-state index in [4.69, 9.17) is 9.47 Å². The van der Waals surface area contributed by atoms with Crippen molar-refractivity contribution < 1.29 is 9.47 Å². The second-order valence-electron chi connectivity index (χ2n) is 3.95. The van der Waals surface area contributed by atoms with E-state index in [2.05, 4.69) is 10.3 Å². The Morgan fingerprint density at radius 1 is 1.17 bits per heavy atom. The van der Waals surface area contributed by atoms with Crippen LogP contribution in [0.25, 0.3) is 0 Å². The molecule has 0 amide bonds. The van der Waals surface area contributed by atoms with E-state index in [1.54, 1.807) is 0 Å². The number of aromatic nitrogens is 1. The molecule has 102 valence electrons. The van der Waals surface area contributed by atoms with Gasteiger partial charge < -0.3 is 14.8 Å². The lowest BCUT2D eigenvalue weighted by Gasteiger charge is -2.16. The molecule has 0 fully saturated rings. The van der Waals surface area contributed by atoms with Crippen molar-refractivity contribution in [3.8, 4) is 0 Å². The average molecular weight is 252 g/mol. The first-order chi connectivity index (χ1) is 8.86. The number of hydrogen-bond donors (Lipinski definition) is 1. The van der Waals surface area contributed by atoms with E-state index in [9.17, 15) is 0 Å². The van der Waals surface area contributed by atoms with Crippen LogP contribution in [0.2, 0.25) is 0 Å². The minimum Gasteiger partial charge on any atom is -0.353 e. The van der Waals surface area contributed by atoms with Crippen LogP contribution in [0.3, 0.4) is 0 Å². The highest BCUT2D eigenvalue weighted by atomic mass is 16.7. The summed E-state index contributed by atoms with van der Waals surface area (Å²) in [7, 11) is 0. The van der Waals surface area contributed by atoms with Gasteiger partial charge in [-0.1, -0.05) is 6.07 Å². The summed E-state index contributed by atoms with van der Waals surface area (Å²) in [4.78, 5) is 4.28. The fourth-order valence-electron chi connectivity index (χ4n) is 1.69. The molecule has 0 radical (unpaired) electrons. The number of nitrogens with one attached hydrogen (secondary N) is 1. The smallest absolute Gasteiger partial charge is 0.158 e. The summed E-state index contributed by atoms with van der Waals surface area (Å²) in [5.41, 5.74) is 1.12. The summed E-state index contributed by atoms with van der Waals surface area (Å²) in [6.07, 6.45) is 3.58. The van der Waals surface area contributed by atoms with Crippen LogP contribution in [0.1, 0.15) is 26.0 Å². The van der Waals surface area contributed by atoms with E-state index in [1.165, 1.54) is 0 Å². The molecule has 0 aliphatic rings. The molecular formula is C14H24N2O2. The molecule has 0 atom stereocenters. The Bertz CT molecular complexity index is 287. The van der Waals surface area contributed by atoms with E-state index >= 15 is 0 Å². The van der Waals surface area contributed by atoms with E-state index in [0.717, 1.165) is 31.6 Å². The topological polar surface area (TPSA) is 43.4 Å². The number of nitrogens with zero attached hydrogens (tertiary/aromatic N) is 1. The highest BCUT2D eigenvalue weighted by Crippen LogP contribution is 2.00. The summed E-state index contributed by atoms with van der Waals surface area (Å²) in [5.74, 6) is 0. The van der Waals surface area contributed by atoms with Crippen LogP contribution in [-0.4, -0.2) is 37.6 Å². The molecule has 4 heteroatoms. The van der Waals surface area contributed by atoms with Gasteiger partial charge >= 0.3 is 0 Å². The van der Waals surface area contributed by atoms with E-state index in [1.807, 2.05) is 38.2 Å². The van der Waals surface area contributed by atoms with Crippen molar-refractivity contribution in [1.82, 2.24) is 10.3 Å². The lowest BCUT2D eigenvalue weighted by Crippen LogP contribution is -2.26. The van der Waals surface area contributed by atoms with Gasteiger partial charge in [-0.05, 0) is 32.5 Å². The molecule has 0 aliphatic heterocycles. The molecule has 1 aromatic heterocycles. The van der Waals surface area contributed by atoms with Gasteiger partial charge in [0, 0.05) is 44.5 Å². The number of rotatable bonds is 10. The fraction of sp³-hybridized carbons (Fsp3) is 0.643. The molecule has 1 aromatic rings. The predicted molar refractivity (Wildman–Crippen MR) is 72.5 cm³/mol. The number of pyridine rings is 1. The van der Waals surface area contributed by atoms with Crippen LogP contribution in [-0.2, 0) is 15.9 Å². The molecule has 0 aliphatic carbocycles. The van der Waals surface area contributed by atoms with Gasteiger partial charge in [0.15, 0.2) is 6.29 Å². The zero-order chi connectivity index (χ0) is 13.1. The molecule has 4 nitrogen and oxygen atoms in total. The van der Waals surface area contributed by atoms with Crippen LogP contribution in [0.15, 0.2) is 24.4 Å². The average Bonchev–Trinajstić information content (AvgIpc) is 2.40. The molecule has 0 unspecified atom stereocenters. The third-order valence-electron chi connectivity index (χ3n) is 2.55. The van der Waals surface area contributed by atoms with Crippen molar-refractivity contribution >= 4 is 0 Å². The highest BCUT2D eigenvalue weighted by Gasteiger charge is 2.06. The molecular weight excluding hydrogens is 228 g/mol. The third kappa shape index (κ3) is 6.69. The number of ether oxygens (including phenoxy) is 2. The normalized spacial score (nSPS) is 11.1. The third-order valence-corrected chi connectivity index (χ3v) is 2.55. The van der Waals surface area contributed by atoms with Gasteiger partial charge in [0.25, 0.3) is 0 Å². The Morgan fingerprint density at radius 2 is 1.94 bits per heavy atom. The van der Waals surface area contributed by atoms with E-state index < -0.39 is 0 Å². The predicted octanol–water partition coefficient (Wildman–Crippen LogP) is 2.00. The van der Waals surface area contributed by atoms with Gasteiger partial charge in [-0.15, -0.1) is 0 Å². The Kier molecular flexibility index (Phi) is 8.38. The van der Waals surface area contributed by atoms with Crippen molar-refractivity contribution in [2.45, 2.75) is 33.0 Å². The largest absolute Gasteiger partial charge is 0.353 e. The minimum atomic E-state index is -0.0812. The lowest BCUT2D eigenvalue weighted by atomic mass is 10.2. The second-order valence-corrected chi connectivity index (χ2v) is 3.95. The van der Waals surface area contributed by atoms with Gasteiger partial charge in [0.1, 0.15) is 0 Å². The summed E-state index contributed by atoms with van der Waals surface area (Å²) in [6, 6.07) is 6.00. The van der Waals surface area contributed by atoms with Gasteiger partial charge in [0.05, 0.1) is 0 Å². The minimum absolute atomic E-state index is 0.0812. The molecule has 18 heavy (non-hydrogen) atoms. The molecule has 0 saturated carbocycles. The van der Waals surface area contributed by atoms with Gasteiger partial charge in [-0.2, -0.15) is 0 Å². The molecule has 1 rings (SSSR count). The zero-order valence-corrected chi connectivity index (χ0v) is 11.4. The quantitative estimate of drug-likeness (QED) is 0.511. The summed E-state index contributed by atoms with van der Waals surface area (Å²) in [6.45, 7) is 7.19. The summed E-state index contributed by atoms with van der Waals surface area (Å²) < 4.78 is 10.9. The van der Waals surface area contributed by atoms with E-state index in [0.29, 0.717) is 13.2 Å². The monoisotopic (exact) mass is 252 g/mol. The Labute approximate surface area is 110 Å². The van der Waals surface area contributed by atoms with Crippen LogP contribution < -0.4 is 5.32 Å². The second kappa shape index (κ2) is 10.00. The van der Waals surface area contributed by atoms with Crippen molar-refractivity contribution in [1.29, 1.82) is 0 Å². The zero-order valence-electron chi connectivity index (χ0n) is 11.4. The molecule has 1 N–H and O–H groups in total. The van der Waals surface area contributed by atoms with Crippen LogP contribution in [0, 0.1) is 0 Å². The SMILES string of the molecule is CCOC(CCNCCc1ccccn1)OCC. The van der Waals surface area contributed by atoms with Crippen molar-refractivity contribution in [3.05, 3.63) is 30.1 Å². The molecule has 1 heterocycles. The Hall–Kier alpha value is -0.970. The maximum Gasteiger partial charge on any atom is 0.158 e.